The van der Waals surface area contributed by atoms with Gasteiger partial charge in [-0.1, -0.05) is 13.3 Å². The highest BCUT2D eigenvalue weighted by molar-refractivity contribution is 9.10. The maximum absolute atomic E-state index is 5.56. The number of hydrogen-bond donors (Lipinski definition) is 1. The fourth-order valence-electron chi connectivity index (χ4n) is 1.01. The highest BCUT2D eigenvalue weighted by atomic mass is 79.9. The molecule has 0 spiro atoms. The number of aryl methyl sites for hydroxylation is 1. The third-order valence-electron chi connectivity index (χ3n) is 1.71. The smallest absolute Gasteiger partial charge is 0.0547 e. The average Bonchev–Trinajstić information content (AvgIpc) is 2.03. The Kier molecular flexibility index (Phi) is 3.53. The Morgan fingerprint density at radius 1 is 1.58 bits per heavy atom. The maximum atomic E-state index is 5.56. The predicted octanol–water partition coefficient (Wildman–Crippen LogP) is 2.77. The Morgan fingerprint density at radius 3 is 2.92 bits per heavy atom. The number of anilines is 1. The molecule has 66 valence electrons. The van der Waals surface area contributed by atoms with Gasteiger partial charge in [-0.25, -0.2) is 0 Å². The van der Waals surface area contributed by atoms with Gasteiger partial charge in [0.15, 0.2) is 0 Å². The van der Waals surface area contributed by atoms with E-state index in [0.29, 0.717) is 5.69 Å². The first kappa shape index (κ1) is 9.52. The lowest BCUT2D eigenvalue weighted by Crippen LogP contribution is -1.94. The molecule has 0 saturated heterocycles. The van der Waals surface area contributed by atoms with Crippen molar-refractivity contribution in [2.75, 3.05) is 5.73 Å². The molecule has 0 atom stereocenters. The molecule has 1 heterocycles. The molecule has 0 aromatic carbocycles. The van der Waals surface area contributed by atoms with Crippen LogP contribution in [0, 0.1) is 0 Å². The second-order valence-electron chi connectivity index (χ2n) is 2.80. The van der Waals surface area contributed by atoms with Gasteiger partial charge in [0.1, 0.15) is 0 Å². The molecule has 0 unspecified atom stereocenters. The molecule has 1 rings (SSSR count). The molecule has 0 aliphatic heterocycles. The number of rotatable bonds is 3. The van der Waals surface area contributed by atoms with Gasteiger partial charge in [-0.05, 0) is 34.8 Å². The van der Waals surface area contributed by atoms with Gasteiger partial charge in [-0.2, -0.15) is 0 Å². The number of nitrogens with zero attached hydrogens (tertiary/aromatic N) is 1. The first-order valence-corrected chi connectivity index (χ1v) is 4.93. The fourth-order valence-corrected chi connectivity index (χ4v) is 1.57. The van der Waals surface area contributed by atoms with Gasteiger partial charge in [0, 0.05) is 4.47 Å². The summed E-state index contributed by atoms with van der Waals surface area (Å²) in [5.74, 6) is 0. The summed E-state index contributed by atoms with van der Waals surface area (Å²) < 4.78 is 1.02. The van der Waals surface area contributed by atoms with Crippen LogP contribution in [-0.4, -0.2) is 4.98 Å². The summed E-state index contributed by atoms with van der Waals surface area (Å²) in [5, 5.41) is 0. The van der Waals surface area contributed by atoms with Gasteiger partial charge in [0.05, 0.1) is 17.6 Å². The van der Waals surface area contributed by atoms with Crippen molar-refractivity contribution < 1.29 is 0 Å². The molecule has 12 heavy (non-hydrogen) atoms. The molecule has 0 bridgehead atoms. The Morgan fingerprint density at radius 2 is 2.33 bits per heavy atom. The summed E-state index contributed by atoms with van der Waals surface area (Å²) in [6.45, 7) is 2.17. The third kappa shape index (κ3) is 2.48. The van der Waals surface area contributed by atoms with E-state index >= 15 is 0 Å². The maximum Gasteiger partial charge on any atom is 0.0547 e. The molecular formula is C9H13BrN2. The first-order valence-electron chi connectivity index (χ1n) is 4.14. The monoisotopic (exact) mass is 228 g/mol. The number of hydrogen-bond acceptors (Lipinski definition) is 2. The highest BCUT2D eigenvalue weighted by Gasteiger charge is 2.00. The van der Waals surface area contributed by atoms with Crippen LogP contribution in [0.4, 0.5) is 5.69 Å². The van der Waals surface area contributed by atoms with Gasteiger partial charge in [0.2, 0.25) is 0 Å². The Balaban J connectivity index is 2.72. The molecule has 3 heteroatoms. The summed E-state index contributed by atoms with van der Waals surface area (Å²) in [7, 11) is 0. The van der Waals surface area contributed by atoms with E-state index < -0.39 is 0 Å². The number of pyridine rings is 1. The van der Waals surface area contributed by atoms with Crippen molar-refractivity contribution in [1.82, 2.24) is 4.98 Å². The predicted molar refractivity (Wildman–Crippen MR) is 55.0 cm³/mol. The summed E-state index contributed by atoms with van der Waals surface area (Å²) in [6.07, 6.45) is 5.10. The van der Waals surface area contributed by atoms with Crippen LogP contribution in [0.15, 0.2) is 16.7 Å². The molecule has 0 aliphatic rings. The minimum absolute atomic E-state index is 0.710. The zero-order valence-electron chi connectivity index (χ0n) is 7.18. The van der Waals surface area contributed by atoms with E-state index in [1.54, 1.807) is 6.20 Å². The summed E-state index contributed by atoms with van der Waals surface area (Å²) in [4.78, 5) is 4.24. The van der Waals surface area contributed by atoms with Crippen molar-refractivity contribution in [3.8, 4) is 0 Å². The molecule has 1 aromatic rings. The normalized spacial score (nSPS) is 10.2. The van der Waals surface area contributed by atoms with Crippen molar-refractivity contribution >= 4 is 21.6 Å². The van der Waals surface area contributed by atoms with Gasteiger partial charge in [-0.3, -0.25) is 4.98 Å². The largest absolute Gasteiger partial charge is 0.397 e. The van der Waals surface area contributed by atoms with Gasteiger partial charge in [-0.15, -0.1) is 0 Å². The van der Waals surface area contributed by atoms with Crippen LogP contribution in [0.2, 0.25) is 0 Å². The van der Waals surface area contributed by atoms with E-state index in [-0.39, 0.29) is 0 Å². The highest BCUT2D eigenvalue weighted by Crippen LogP contribution is 2.18. The SMILES string of the molecule is CCCCc1ncc(N)cc1Br. The number of unbranched alkanes of at least 4 members (excludes halogenated alkanes) is 1. The van der Waals surface area contributed by atoms with Crippen molar-refractivity contribution in [2.45, 2.75) is 26.2 Å². The van der Waals surface area contributed by atoms with Crippen molar-refractivity contribution in [2.24, 2.45) is 0 Å². The lowest BCUT2D eigenvalue weighted by atomic mass is 10.2. The van der Waals surface area contributed by atoms with Crippen LogP contribution < -0.4 is 5.73 Å². The standard InChI is InChI=1S/C9H13BrN2/c1-2-3-4-9-8(10)5-7(11)6-12-9/h5-6H,2-4,11H2,1H3. The van der Waals surface area contributed by atoms with Crippen molar-refractivity contribution in [3.05, 3.63) is 22.4 Å². The number of nitrogens with two attached hydrogens (primary N) is 1. The average molecular weight is 229 g/mol. The van der Waals surface area contributed by atoms with E-state index in [2.05, 4.69) is 27.8 Å². The lowest BCUT2D eigenvalue weighted by molar-refractivity contribution is 0.774. The molecule has 0 aliphatic carbocycles. The van der Waals surface area contributed by atoms with E-state index in [4.69, 9.17) is 5.73 Å². The molecule has 2 N–H and O–H groups in total. The first-order chi connectivity index (χ1) is 5.74. The molecule has 2 nitrogen and oxygen atoms in total. The minimum Gasteiger partial charge on any atom is -0.397 e. The van der Waals surface area contributed by atoms with Gasteiger partial charge < -0.3 is 5.73 Å². The fraction of sp³-hybridized carbons (Fsp3) is 0.444. The molecule has 0 radical (unpaired) electrons. The number of aromatic nitrogens is 1. The zero-order chi connectivity index (χ0) is 8.97. The summed E-state index contributed by atoms with van der Waals surface area (Å²) in [5.41, 5.74) is 7.38. The van der Waals surface area contributed by atoms with Crippen molar-refractivity contribution in [1.29, 1.82) is 0 Å². The molecular weight excluding hydrogens is 216 g/mol. The van der Waals surface area contributed by atoms with Crippen LogP contribution in [0.5, 0.6) is 0 Å². The molecule has 0 fully saturated rings. The van der Waals surface area contributed by atoms with Crippen LogP contribution in [0.3, 0.4) is 0 Å². The minimum atomic E-state index is 0.710. The second kappa shape index (κ2) is 4.45. The van der Waals surface area contributed by atoms with Crippen LogP contribution in [0.1, 0.15) is 25.5 Å². The molecule has 0 saturated carbocycles. The number of halogens is 1. The summed E-state index contributed by atoms with van der Waals surface area (Å²) >= 11 is 3.43. The van der Waals surface area contributed by atoms with E-state index in [0.717, 1.165) is 16.6 Å². The van der Waals surface area contributed by atoms with Crippen LogP contribution in [-0.2, 0) is 6.42 Å². The van der Waals surface area contributed by atoms with Gasteiger partial charge in [0.25, 0.3) is 0 Å². The van der Waals surface area contributed by atoms with Gasteiger partial charge >= 0.3 is 0 Å². The zero-order valence-corrected chi connectivity index (χ0v) is 8.76. The molecule has 0 amide bonds. The summed E-state index contributed by atoms with van der Waals surface area (Å²) in [6, 6.07) is 1.90. The Bertz CT molecular complexity index is 261. The Hall–Kier alpha value is -0.570. The third-order valence-corrected chi connectivity index (χ3v) is 2.39. The van der Waals surface area contributed by atoms with E-state index in [9.17, 15) is 0 Å². The number of nitrogen functional groups attached to an aromatic ring is 1. The molecule has 1 aromatic heterocycles. The van der Waals surface area contributed by atoms with Crippen molar-refractivity contribution in [3.63, 3.8) is 0 Å². The lowest BCUT2D eigenvalue weighted by Gasteiger charge is -2.02. The van der Waals surface area contributed by atoms with Crippen LogP contribution >= 0.6 is 15.9 Å². The Labute approximate surface area is 81.3 Å². The van der Waals surface area contributed by atoms with Crippen LogP contribution in [0.25, 0.3) is 0 Å². The second-order valence-corrected chi connectivity index (χ2v) is 3.66. The van der Waals surface area contributed by atoms with E-state index in [1.807, 2.05) is 6.07 Å². The topological polar surface area (TPSA) is 38.9 Å². The van der Waals surface area contributed by atoms with E-state index in [1.165, 1.54) is 12.8 Å². The quantitative estimate of drug-likeness (QED) is 0.865.